The Kier molecular flexibility index (Phi) is 11.0. The third-order valence-electron chi connectivity index (χ3n) is 4.78. The van der Waals surface area contributed by atoms with Crippen LogP contribution in [0.3, 0.4) is 0 Å². The van der Waals surface area contributed by atoms with Crippen molar-refractivity contribution < 1.29 is 0 Å². The first kappa shape index (κ1) is 19.9. The van der Waals surface area contributed by atoms with Crippen LogP contribution in [0.5, 0.6) is 0 Å². The first-order chi connectivity index (χ1) is 8.85. The molecule has 0 amide bonds. The molecule has 6 unspecified atom stereocenters. The molecule has 0 heterocycles. The van der Waals surface area contributed by atoms with Crippen LogP contribution in [0, 0.1) is 11.8 Å². The molecule has 0 bridgehead atoms. The van der Waals surface area contributed by atoms with E-state index < -0.39 is 0 Å². The summed E-state index contributed by atoms with van der Waals surface area (Å²) in [4.78, 5) is 0. The molecule has 0 radical (unpaired) electrons. The van der Waals surface area contributed by atoms with Gasteiger partial charge in [0.05, 0.1) is 0 Å². The summed E-state index contributed by atoms with van der Waals surface area (Å²) in [5.41, 5.74) is 0.786. The molecule has 0 saturated carbocycles. The molecule has 0 fully saturated rings. The largest absolute Gasteiger partial charge is 0.134 e. The third kappa shape index (κ3) is 8.67. The van der Waals surface area contributed by atoms with Crippen molar-refractivity contribution in [2.75, 3.05) is 0 Å². The summed E-state index contributed by atoms with van der Waals surface area (Å²) < 4.78 is 0. The van der Waals surface area contributed by atoms with E-state index in [0.29, 0.717) is 5.16 Å². The highest BCUT2D eigenvalue weighted by molar-refractivity contribution is 7.19. The van der Waals surface area contributed by atoms with Crippen molar-refractivity contribution in [3.63, 3.8) is 0 Å². The van der Waals surface area contributed by atoms with Gasteiger partial charge in [0.2, 0.25) is 0 Å². The Bertz CT molecular complexity index is 213. The Morgan fingerprint density at radius 3 is 2.16 bits per heavy atom. The summed E-state index contributed by atoms with van der Waals surface area (Å²) in [5, 5.41) is 0.422. The molecule has 0 aliphatic rings. The highest BCUT2D eigenvalue weighted by Gasteiger charge is 2.27. The third-order valence-corrected chi connectivity index (χ3v) is 6.57. The number of unbranched alkanes of at least 4 members (excludes halogenated alkanes) is 3. The van der Waals surface area contributed by atoms with E-state index in [0.717, 1.165) is 17.5 Å². The van der Waals surface area contributed by atoms with E-state index in [1.807, 2.05) is 0 Å². The minimum Gasteiger partial charge on any atom is -0.134 e. The maximum absolute atomic E-state index is 3.12. The standard InChI is InChI=1S/C17H38P2/c1-6-8-9-10-11-14(3)16(18)13-15(4)17(5,19)12-7-2/h14-16H,6-13,18-19H2,1-5H3. The fourth-order valence-electron chi connectivity index (χ4n) is 2.80. The van der Waals surface area contributed by atoms with Gasteiger partial charge >= 0.3 is 0 Å². The van der Waals surface area contributed by atoms with Crippen LogP contribution in [0.4, 0.5) is 0 Å². The lowest BCUT2D eigenvalue weighted by molar-refractivity contribution is 0.342. The number of hydrogen-bond acceptors (Lipinski definition) is 0. The van der Waals surface area contributed by atoms with Gasteiger partial charge in [0.1, 0.15) is 0 Å². The number of rotatable bonds is 11. The molecule has 0 rings (SSSR count). The van der Waals surface area contributed by atoms with E-state index in [4.69, 9.17) is 0 Å². The van der Waals surface area contributed by atoms with Crippen molar-refractivity contribution in [3.8, 4) is 0 Å². The summed E-state index contributed by atoms with van der Waals surface area (Å²) in [6, 6.07) is 0. The normalized spacial score (nSPS) is 19.7. The van der Waals surface area contributed by atoms with Crippen LogP contribution in [0.2, 0.25) is 0 Å². The van der Waals surface area contributed by atoms with Crippen LogP contribution >= 0.6 is 18.5 Å². The summed E-state index contributed by atoms with van der Waals surface area (Å²) in [6.07, 6.45) is 11.0. The van der Waals surface area contributed by atoms with E-state index in [9.17, 15) is 0 Å². The SMILES string of the molecule is CCCCCCC(C)C(P)CC(C)C(C)(P)CCC. The summed E-state index contributed by atoms with van der Waals surface area (Å²) in [7, 11) is 6.24. The van der Waals surface area contributed by atoms with Gasteiger partial charge in [-0.1, -0.05) is 73.1 Å². The molecule has 19 heavy (non-hydrogen) atoms. The van der Waals surface area contributed by atoms with Crippen molar-refractivity contribution in [1.82, 2.24) is 0 Å². The van der Waals surface area contributed by atoms with Gasteiger partial charge in [0, 0.05) is 0 Å². The van der Waals surface area contributed by atoms with Crippen molar-refractivity contribution in [2.45, 2.75) is 96.8 Å². The molecule has 0 aliphatic heterocycles. The maximum atomic E-state index is 3.12. The highest BCUT2D eigenvalue weighted by atomic mass is 31.0. The Morgan fingerprint density at radius 1 is 1.00 bits per heavy atom. The predicted molar refractivity (Wildman–Crippen MR) is 98.2 cm³/mol. The topological polar surface area (TPSA) is 0 Å². The first-order valence-corrected chi connectivity index (χ1v) is 9.64. The van der Waals surface area contributed by atoms with Crippen LogP contribution in [0.1, 0.15) is 86.0 Å². The van der Waals surface area contributed by atoms with Gasteiger partial charge in [-0.2, -0.15) is 0 Å². The molecule has 2 heteroatoms. The molecule has 0 aromatic carbocycles. The van der Waals surface area contributed by atoms with Crippen LogP contribution in [-0.4, -0.2) is 10.8 Å². The highest BCUT2D eigenvalue weighted by Crippen LogP contribution is 2.38. The zero-order valence-electron chi connectivity index (χ0n) is 14.0. The van der Waals surface area contributed by atoms with Gasteiger partial charge in [-0.15, -0.1) is 18.5 Å². The van der Waals surface area contributed by atoms with E-state index in [1.54, 1.807) is 0 Å². The molecular formula is C17H38P2. The van der Waals surface area contributed by atoms with Crippen molar-refractivity contribution in [2.24, 2.45) is 11.8 Å². The van der Waals surface area contributed by atoms with Crippen LogP contribution < -0.4 is 0 Å². The van der Waals surface area contributed by atoms with E-state index >= 15 is 0 Å². The van der Waals surface area contributed by atoms with Crippen LogP contribution in [-0.2, 0) is 0 Å². The second-order valence-electron chi connectivity index (χ2n) is 6.88. The molecule has 0 N–H and O–H groups in total. The van der Waals surface area contributed by atoms with E-state index in [1.165, 1.54) is 51.4 Å². The molecule has 0 spiro atoms. The molecule has 0 aliphatic carbocycles. The predicted octanol–water partition coefficient (Wildman–Crippen LogP) is 6.30. The number of hydrogen-bond donors (Lipinski definition) is 0. The van der Waals surface area contributed by atoms with Crippen molar-refractivity contribution >= 4 is 18.5 Å². The summed E-state index contributed by atoms with van der Waals surface area (Å²) >= 11 is 0. The fourth-order valence-corrected chi connectivity index (χ4v) is 3.83. The average molecular weight is 304 g/mol. The molecule has 0 aromatic heterocycles. The lowest BCUT2D eigenvalue weighted by Crippen LogP contribution is -2.29. The van der Waals surface area contributed by atoms with Gasteiger partial charge in [0.25, 0.3) is 0 Å². The molecule has 116 valence electrons. The van der Waals surface area contributed by atoms with E-state index in [-0.39, 0.29) is 0 Å². The van der Waals surface area contributed by atoms with Gasteiger partial charge in [-0.25, -0.2) is 0 Å². The van der Waals surface area contributed by atoms with Gasteiger partial charge < -0.3 is 0 Å². The Balaban J connectivity index is 4.02. The van der Waals surface area contributed by atoms with Gasteiger partial charge in [-0.3, -0.25) is 0 Å². The zero-order valence-corrected chi connectivity index (χ0v) is 16.4. The average Bonchev–Trinajstić information content (AvgIpc) is 2.34. The Labute approximate surface area is 127 Å². The molecule has 6 atom stereocenters. The van der Waals surface area contributed by atoms with Gasteiger partial charge in [0.15, 0.2) is 0 Å². The molecular weight excluding hydrogens is 266 g/mol. The van der Waals surface area contributed by atoms with Crippen molar-refractivity contribution in [3.05, 3.63) is 0 Å². The Hall–Kier alpha value is 0.860. The summed E-state index contributed by atoms with van der Waals surface area (Å²) in [6.45, 7) is 11.9. The quantitative estimate of drug-likeness (QED) is 0.310. The second-order valence-corrected chi connectivity index (χ2v) is 9.06. The molecule has 0 aromatic rings. The summed E-state index contributed by atoms with van der Waals surface area (Å²) in [5.74, 6) is 1.64. The smallest absolute Gasteiger partial charge is 0.0153 e. The second kappa shape index (κ2) is 10.6. The molecule has 0 saturated heterocycles. The van der Waals surface area contributed by atoms with Gasteiger partial charge in [-0.05, 0) is 35.5 Å². The Morgan fingerprint density at radius 2 is 1.63 bits per heavy atom. The van der Waals surface area contributed by atoms with Crippen LogP contribution in [0.15, 0.2) is 0 Å². The fraction of sp³-hybridized carbons (Fsp3) is 1.00. The van der Waals surface area contributed by atoms with E-state index in [2.05, 4.69) is 53.1 Å². The maximum Gasteiger partial charge on any atom is -0.0153 e. The zero-order chi connectivity index (χ0) is 14.9. The first-order valence-electron chi connectivity index (χ1n) is 8.39. The van der Waals surface area contributed by atoms with Crippen LogP contribution in [0.25, 0.3) is 0 Å². The molecule has 0 nitrogen and oxygen atoms in total. The lowest BCUT2D eigenvalue weighted by Gasteiger charge is -2.34. The minimum absolute atomic E-state index is 0.422. The lowest BCUT2D eigenvalue weighted by atomic mass is 9.84. The van der Waals surface area contributed by atoms with Crippen molar-refractivity contribution in [1.29, 1.82) is 0 Å². The monoisotopic (exact) mass is 304 g/mol. The minimum atomic E-state index is 0.422.